The van der Waals surface area contributed by atoms with E-state index in [1.165, 1.54) is 27.3 Å². The van der Waals surface area contributed by atoms with E-state index in [4.69, 9.17) is 4.74 Å². The highest BCUT2D eigenvalue weighted by molar-refractivity contribution is 7.56. The molecule has 3 heteroatoms. The van der Waals surface area contributed by atoms with Crippen LogP contribution in [0.4, 0.5) is 0 Å². The third-order valence-corrected chi connectivity index (χ3v) is 6.73. The van der Waals surface area contributed by atoms with Crippen LogP contribution in [0.1, 0.15) is 16.7 Å². The van der Waals surface area contributed by atoms with E-state index in [0.29, 0.717) is 8.58 Å². The number of ether oxygens (including phenoxy) is 1. The molecule has 0 aliphatic rings. The van der Waals surface area contributed by atoms with Gasteiger partial charge in [0.05, 0.1) is 13.7 Å². The third kappa shape index (κ3) is 4.46. The lowest BCUT2D eigenvalue weighted by Gasteiger charge is -2.16. The molecule has 0 saturated carbocycles. The molecule has 4 aromatic rings. The summed E-state index contributed by atoms with van der Waals surface area (Å²) in [5.41, 5.74) is 5.75. The minimum atomic E-state index is 0.0397. The molecule has 0 radical (unpaired) electrons. The summed E-state index contributed by atoms with van der Waals surface area (Å²) in [4.78, 5) is 0. The lowest BCUT2D eigenvalue weighted by atomic mass is 10.0. The predicted octanol–water partition coefficient (Wildman–Crippen LogP) is 5.07. The molecule has 30 heavy (non-hydrogen) atoms. The van der Waals surface area contributed by atoms with E-state index >= 15 is 0 Å². The summed E-state index contributed by atoms with van der Waals surface area (Å²) in [7, 11) is 2.25. The van der Waals surface area contributed by atoms with Gasteiger partial charge in [0.25, 0.3) is 0 Å². The fourth-order valence-corrected chi connectivity index (χ4v) is 5.08. The van der Waals surface area contributed by atoms with Gasteiger partial charge in [-0.1, -0.05) is 99.6 Å². The van der Waals surface area contributed by atoms with Crippen molar-refractivity contribution < 1.29 is 9.84 Å². The molecule has 0 aliphatic heterocycles. The van der Waals surface area contributed by atoms with Crippen LogP contribution in [0.25, 0.3) is 11.1 Å². The van der Waals surface area contributed by atoms with Crippen LogP contribution in [0.3, 0.4) is 0 Å². The summed E-state index contributed by atoms with van der Waals surface area (Å²) in [6, 6.07) is 33.4. The lowest BCUT2D eigenvalue weighted by Crippen LogP contribution is -2.12. The first-order valence-electron chi connectivity index (χ1n) is 10.0. The van der Waals surface area contributed by atoms with Crippen LogP contribution in [-0.2, 0) is 13.0 Å². The molecular formula is C27H25O2P. The van der Waals surface area contributed by atoms with E-state index in [1.54, 1.807) is 7.11 Å². The zero-order chi connectivity index (χ0) is 20.8. The van der Waals surface area contributed by atoms with Crippen molar-refractivity contribution in [1.29, 1.82) is 0 Å². The summed E-state index contributed by atoms with van der Waals surface area (Å²) in [6.45, 7) is 0.0397. The van der Waals surface area contributed by atoms with E-state index in [0.717, 1.165) is 23.3 Å². The molecule has 0 bridgehead atoms. The maximum absolute atomic E-state index is 9.81. The molecule has 0 spiro atoms. The van der Waals surface area contributed by atoms with E-state index in [1.807, 2.05) is 30.3 Å². The largest absolute Gasteiger partial charge is 0.496 e. The third-order valence-electron chi connectivity index (χ3n) is 5.27. The van der Waals surface area contributed by atoms with Crippen LogP contribution in [0.15, 0.2) is 97.1 Å². The van der Waals surface area contributed by atoms with Crippen LogP contribution in [0.2, 0.25) is 0 Å². The molecule has 4 rings (SSSR count). The second-order valence-corrected chi connectivity index (χ2v) is 8.46. The minimum Gasteiger partial charge on any atom is -0.496 e. The molecule has 1 N–H and O–H groups in total. The summed E-state index contributed by atoms with van der Waals surface area (Å²) in [5.74, 6) is 0.924. The van der Waals surface area contributed by atoms with E-state index < -0.39 is 0 Å². The van der Waals surface area contributed by atoms with E-state index in [2.05, 4.69) is 66.7 Å². The molecule has 0 heterocycles. The van der Waals surface area contributed by atoms with Crippen molar-refractivity contribution in [2.45, 2.75) is 13.0 Å². The first-order valence-corrected chi connectivity index (χ1v) is 11.0. The highest BCUT2D eigenvalue weighted by Crippen LogP contribution is 2.28. The molecular weight excluding hydrogens is 387 g/mol. The van der Waals surface area contributed by atoms with E-state index in [-0.39, 0.29) is 6.61 Å². The van der Waals surface area contributed by atoms with Gasteiger partial charge >= 0.3 is 0 Å². The Morgan fingerprint density at radius 2 is 1.20 bits per heavy atom. The number of aliphatic hydroxyl groups is 1. The second kappa shape index (κ2) is 9.71. The molecule has 0 fully saturated rings. The maximum atomic E-state index is 9.81. The standard InChI is InChI=1S/C27H25O2P/c1-29-25-15-7-3-10-20(25)18-21-11-4-8-16-26(21)30-27-17-9-6-14-24(27)23-13-5-2-12-22(23)19-28/h2-17,28,30H,18-19H2,1H3. The number of para-hydroxylation sites is 1. The van der Waals surface area contributed by atoms with Gasteiger partial charge in [-0.25, -0.2) is 0 Å². The molecule has 1 atom stereocenters. The van der Waals surface area contributed by atoms with Crippen molar-refractivity contribution in [3.63, 3.8) is 0 Å². The van der Waals surface area contributed by atoms with Gasteiger partial charge in [0.2, 0.25) is 0 Å². The maximum Gasteiger partial charge on any atom is 0.122 e. The van der Waals surface area contributed by atoms with Gasteiger partial charge in [0.15, 0.2) is 0 Å². The zero-order valence-electron chi connectivity index (χ0n) is 17.0. The second-order valence-electron chi connectivity index (χ2n) is 7.13. The van der Waals surface area contributed by atoms with Gasteiger partial charge in [-0.05, 0) is 44.5 Å². The van der Waals surface area contributed by atoms with Crippen LogP contribution in [0.5, 0.6) is 5.75 Å². The van der Waals surface area contributed by atoms with Gasteiger partial charge in [-0.15, -0.1) is 0 Å². The lowest BCUT2D eigenvalue weighted by molar-refractivity contribution is 0.282. The summed E-state index contributed by atoms with van der Waals surface area (Å²) in [5, 5.41) is 12.4. The Hall–Kier alpha value is -2.93. The van der Waals surface area contributed by atoms with Crippen molar-refractivity contribution in [2.75, 3.05) is 7.11 Å². The molecule has 0 saturated heterocycles. The minimum absolute atomic E-state index is 0.0397. The van der Waals surface area contributed by atoms with Gasteiger partial charge in [-0.2, -0.15) is 0 Å². The Morgan fingerprint density at radius 1 is 0.633 bits per heavy atom. The highest BCUT2D eigenvalue weighted by atomic mass is 31.1. The normalized spacial score (nSPS) is 11.1. The molecule has 0 aliphatic carbocycles. The Labute approximate surface area is 180 Å². The number of hydrogen-bond acceptors (Lipinski definition) is 2. The summed E-state index contributed by atoms with van der Waals surface area (Å²) in [6.07, 6.45) is 0.836. The van der Waals surface area contributed by atoms with Crippen LogP contribution < -0.4 is 15.3 Å². The van der Waals surface area contributed by atoms with Crippen molar-refractivity contribution >= 4 is 19.2 Å². The van der Waals surface area contributed by atoms with Crippen molar-refractivity contribution in [3.05, 3.63) is 114 Å². The van der Waals surface area contributed by atoms with Crippen molar-refractivity contribution in [2.24, 2.45) is 0 Å². The summed E-state index contributed by atoms with van der Waals surface area (Å²) < 4.78 is 5.56. The van der Waals surface area contributed by atoms with Gasteiger partial charge < -0.3 is 9.84 Å². The quantitative estimate of drug-likeness (QED) is 0.429. The molecule has 0 amide bonds. The Balaban J connectivity index is 1.70. The zero-order valence-corrected chi connectivity index (χ0v) is 18.0. The number of aliphatic hydroxyl groups excluding tert-OH is 1. The van der Waals surface area contributed by atoms with Crippen LogP contribution in [0, 0.1) is 0 Å². The number of methoxy groups -OCH3 is 1. The first-order chi connectivity index (χ1) is 14.8. The van der Waals surface area contributed by atoms with Gasteiger partial charge in [0.1, 0.15) is 5.75 Å². The smallest absolute Gasteiger partial charge is 0.122 e. The Kier molecular flexibility index (Phi) is 6.59. The fourth-order valence-electron chi connectivity index (χ4n) is 3.74. The fraction of sp³-hybridized carbons (Fsp3) is 0.111. The predicted molar refractivity (Wildman–Crippen MR) is 128 cm³/mol. The monoisotopic (exact) mass is 412 g/mol. The van der Waals surface area contributed by atoms with Crippen LogP contribution in [-0.4, -0.2) is 12.2 Å². The number of rotatable bonds is 7. The summed E-state index contributed by atoms with van der Waals surface area (Å²) >= 11 is 0. The Morgan fingerprint density at radius 3 is 1.93 bits per heavy atom. The highest BCUT2D eigenvalue weighted by Gasteiger charge is 2.12. The average Bonchev–Trinajstić information content (AvgIpc) is 2.81. The SMILES string of the molecule is COc1ccccc1Cc1ccccc1Pc1ccccc1-c1ccccc1CO. The Bertz CT molecular complexity index is 1140. The number of hydrogen-bond donors (Lipinski definition) is 1. The first kappa shape index (κ1) is 20.3. The van der Waals surface area contributed by atoms with Crippen molar-refractivity contribution in [3.8, 4) is 16.9 Å². The molecule has 1 unspecified atom stereocenters. The van der Waals surface area contributed by atoms with Crippen LogP contribution >= 0.6 is 8.58 Å². The average molecular weight is 412 g/mol. The number of benzene rings is 4. The van der Waals surface area contributed by atoms with Gasteiger partial charge in [-0.3, -0.25) is 0 Å². The topological polar surface area (TPSA) is 29.5 Å². The molecule has 4 aromatic carbocycles. The molecule has 0 aromatic heterocycles. The van der Waals surface area contributed by atoms with Gasteiger partial charge in [0, 0.05) is 6.42 Å². The van der Waals surface area contributed by atoms with E-state index in [9.17, 15) is 5.11 Å². The molecule has 150 valence electrons. The molecule has 2 nitrogen and oxygen atoms in total. The van der Waals surface area contributed by atoms with Crippen molar-refractivity contribution in [1.82, 2.24) is 0 Å².